The van der Waals surface area contributed by atoms with Crippen molar-refractivity contribution >= 4 is 0 Å². The van der Waals surface area contributed by atoms with E-state index < -0.39 is 0 Å². The summed E-state index contributed by atoms with van der Waals surface area (Å²) in [5, 5.41) is 4.05. The molecule has 3 aliphatic rings. The van der Waals surface area contributed by atoms with E-state index in [1.807, 2.05) is 0 Å². The van der Waals surface area contributed by atoms with Crippen LogP contribution in [0.5, 0.6) is 0 Å². The maximum absolute atomic E-state index is 5.60. The number of likely N-dealkylation sites (tertiary alicyclic amines) is 1. The SMILES string of the molecule is C=C(C)CN1CCC(N[C@@H]2CCCC23CCOCC3)CC1. The second-order valence-electron chi connectivity index (χ2n) is 7.59. The number of piperidine rings is 1. The first-order chi connectivity index (χ1) is 10.2. The second-order valence-corrected chi connectivity index (χ2v) is 7.59. The van der Waals surface area contributed by atoms with E-state index in [9.17, 15) is 0 Å². The first-order valence-corrected chi connectivity index (χ1v) is 8.88. The molecule has 3 rings (SSSR count). The number of rotatable bonds is 4. The van der Waals surface area contributed by atoms with Gasteiger partial charge in [-0.05, 0) is 64.0 Å². The van der Waals surface area contributed by atoms with Crippen molar-refractivity contribution in [2.24, 2.45) is 5.41 Å². The lowest BCUT2D eigenvalue weighted by Gasteiger charge is -2.42. The molecule has 1 saturated carbocycles. The summed E-state index contributed by atoms with van der Waals surface area (Å²) < 4.78 is 5.60. The molecule has 21 heavy (non-hydrogen) atoms. The van der Waals surface area contributed by atoms with Gasteiger partial charge in [0.2, 0.25) is 0 Å². The molecule has 120 valence electrons. The predicted molar refractivity (Wildman–Crippen MR) is 87.5 cm³/mol. The first-order valence-electron chi connectivity index (χ1n) is 8.88. The third kappa shape index (κ3) is 3.69. The normalized spacial score (nSPS) is 30.8. The summed E-state index contributed by atoms with van der Waals surface area (Å²) in [4.78, 5) is 2.55. The summed E-state index contributed by atoms with van der Waals surface area (Å²) in [7, 11) is 0. The van der Waals surface area contributed by atoms with Crippen LogP contribution in [0.4, 0.5) is 0 Å². The molecular weight excluding hydrogens is 260 g/mol. The minimum Gasteiger partial charge on any atom is -0.381 e. The summed E-state index contributed by atoms with van der Waals surface area (Å²) >= 11 is 0. The Morgan fingerprint density at radius 2 is 1.90 bits per heavy atom. The molecule has 2 heterocycles. The number of nitrogens with one attached hydrogen (secondary N) is 1. The molecule has 1 spiro atoms. The zero-order valence-electron chi connectivity index (χ0n) is 13.7. The van der Waals surface area contributed by atoms with E-state index in [-0.39, 0.29) is 0 Å². The van der Waals surface area contributed by atoms with Crippen LogP contribution in [0.15, 0.2) is 12.2 Å². The molecule has 2 aliphatic heterocycles. The summed E-state index contributed by atoms with van der Waals surface area (Å²) in [5.41, 5.74) is 1.85. The van der Waals surface area contributed by atoms with Gasteiger partial charge >= 0.3 is 0 Å². The van der Waals surface area contributed by atoms with Crippen molar-refractivity contribution in [1.29, 1.82) is 0 Å². The maximum atomic E-state index is 5.60. The Hall–Kier alpha value is -0.380. The molecule has 3 heteroatoms. The van der Waals surface area contributed by atoms with Crippen LogP contribution in [-0.2, 0) is 4.74 Å². The molecule has 1 aliphatic carbocycles. The molecule has 1 atom stereocenters. The molecular formula is C18H32N2O. The Bertz CT molecular complexity index is 354. The molecule has 0 radical (unpaired) electrons. The van der Waals surface area contributed by atoms with Crippen LogP contribution < -0.4 is 5.32 Å². The lowest BCUT2D eigenvalue weighted by Crippen LogP contribution is -2.51. The summed E-state index contributed by atoms with van der Waals surface area (Å²) in [6, 6.07) is 1.48. The smallest absolute Gasteiger partial charge is 0.0471 e. The molecule has 3 fully saturated rings. The molecule has 0 aromatic carbocycles. The third-order valence-electron chi connectivity index (χ3n) is 5.91. The molecule has 2 saturated heterocycles. The number of ether oxygens (including phenoxy) is 1. The van der Waals surface area contributed by atoms with Crippen molar-refractivity contribution in [1.82, 2.24) is 10.2 Å². The van der Waals surface area contributed by atoms with Gasteiger partial charge in [-0.1, -0.05) is 18.6 Å². The van der Waals surface area contributed by atoms with Crippen molar-refractivity contribution in [3.63, 3.8) is 0 Å². The number of nitrogens with zero attached hydrogens (tertiary/aromatic N) is 1. The van der Waals surface area contributed by atoms with E-state index >= 15 is 0 Å². The van der Waals surface area contributed by atoms with Crippen molar-refractivity contribution < 1.29 is 4.74 Å². The average molecular weight is 292 g/mol. The minimum absolute atomic E-state index is 0.563. The van der Waals surface area contributed by atoms with Gasteiger partial charge in [-0.15, -0.1) is 0 Å². The lowest BCUT2D eigenvalue weighted by molar-refractivity contribution is 0.000953. The highest BCUT2D eigenvalue weighted by Gasteiger charge is 2.44. The fourth-order valence-corrected chi connectivity index (χ4v) is 4.70. The molecule has 0 amide bonds. The molecule has 0 aromatic rings. The molecule has 1 N–H and O–H groups in total. The van der Waals surface area contributed by atoms with Crippen LogP contribution in [0.1, 0.15) is 51.9 Å². The molecule has 0 bridgehead atoms. The fourth-order valence-electron chi connectivity index (χ4n) is 4.70. The second kappa shape index (κ2) is 6.80. The maximum Gasteiger partial charge on any atom is 0.0471 e. The zero-order chi connectivity index (χ0) is 14.7. The highest BCUT2D eigenvalue weighted by atomic mass is 16.5. The standard InChI is InChI=1S/C18H32N2O/c1-15(2)14-20-10-5-16(6-11-20)19-17-4-3-7-18(17)8-12-21-13-9-18/h16-17,19H,1,3-14H2,2H3/t17-/m1/s1. The largest absolute Gasteiger partial charge is 0.381 e. The van der Waals surface area contributed by atoms with Crippen molar-refractivity contribution in [3.8, 4) is 0 Å². The van der Waals surface area contributed by atoms with Gasteiger partial charge in [0.1, 0.15) is 0 Å². The van der Waals surface area contributed by atoms with E-state index in [1.54, 1.807) is 0 Å². The topological polar surface area (TPSA) is 24.5 Å². The third-order valence-corrected chi connectivity index (χ3v) is 5.91. The van der Waals surface area contributed by atoms with Crippen LogP contribution >= 0.6 is 0 Å². The van der Waals surface area contributed by atoms with Crippen molar-refractivity contribution in [3.05, 3.63) is 12.2 Å². The number of hydrogen-bond acceptors (Lipinski definition) is 3. The van der Waals surface area contributed by atoms with Crippen LogP contribution in [0, 0.1) is 5.41 Å². The predicted octanol–water partition coefficient (Wildman–Crippen LogP) is 2.97. The van der Waals surface area contributed by atoms with Crippen LogP contribution in [-0.4, -0.2) is 49.8 Å². The zero-order valence-corrected chi connectivity index (χ0v) is 13.7. The van der Waals surface area contributed by atoms with E-state index in [4.69, 9.17) is 4.74 Å². The Morgan fingerprint density at radius 3 is 2.57 bits per heavy atom. The Kier molecular flexibility index (Phi) is 5.03. The van der Waals surface area contributed by atoms with Crippen LogP contribution in [0.2, 0.25) is 0 Å². The van der Waals surface area contributed by atoms with E-state index in [0.717, 1.165) is 31.8 Å². The fraction of sp³-hybridized carbons (Fsp3) is 0.889. The Labute approximate surface area is 130 Å². The van der Waals surface area contributed by atoms with Gasteiger partial charge in [0.05, 0.1) is 0 Å². The van der Waals surface area contributed by atoms with Gasteiger partial charge in [-0.2, -0.15) is 0 Å². The molecule has 0 unspecified atom stereocenters. The number of hydrogen-bond donors (Lipinski definition) is 1. The quantitative estimate of drug-likeness (QED) is 0.806. The first kappa shape index (κ1) is 15.5. The Balaban J connectivity index is 1.49. The highest BCUT2D eigenvalue weighted by Crippen LogP contribution is 2.46. The van der Waals surface area contributed by atoms with E-state index in [1.165, 1.54) is 63.6 Å². The van der Waals surface area contributed by atoms with Gasteiger partial charge in [0.15, 0.2) is 0 Å². The van der Waals surface area contributed by atoms with Gasteiger partial charge < -0.3 is 10.1 Å². The van der Waals surface area contributed by atoms with Crippen LogP contribution in [0.25, 0.3) is 0 Å². The average Bonchev–Trinajstić information content (AvgIpc) is 2.84. The van der Waals surface area contributed by atoms with Gasteiger partial charge in [-0.25, -0.2) is 0 Å². The monoisotopic (exact) mass is 292 g/mol. The summed E-state index contributed by atoms with van der Waals surface area (Å²) in [5.74, 6) is 0. The van der Waals surface area contributed by atoms with Crippen molar-refractivity contribution in [2.45, 2.75) is 64.0 Å². The summed E-state index contributed by atoms with van der Waals surface area (Å²) in [6.45, 7) is 11.7. The molecule has 0 aromatic heterocycles. The van der Waals surface area contributed by atoms with Crippen LogP contribution in [0.3, 0.4) is 0 Å². The highest BCUT2D eigenvalue weighted by molar-refractivity contribution is 5.00. The van der Waals surface area contributed by atoms with Gasteiger partial charge in [0.25, 0.3) is 0 Å². The van der Waals surface area contributed by atoms with E-state index in [2.05, 4.69) is 23.7 Å². The molecule has 3 nitrogen and oxygen atoms in total. The summed E-state index contributed by atoms with van der Waals surface area (Å²) in [6.07, 6.45) is 9.37. The van der Waals surface area contributed by atoms with Gasteiger partial charge in [-0.3, -0.25) is 4.90 Å². The van der Waals surface area contributed by atoms with Gasteiger partial charge in [0, 0.05) is 31.8 Å². The minimum atomic E-state index is 0.563. The lowest BCUT2D eigenvalue weighted by atomic mass is 9.75. The van der Waals surface area contributed by atoms with E-state index in [0.29, 0.717) is 5.41 Å². The Morgan fingerprint density at radius 1 is 1.19 bits per heavy atom. The van der Waals surface area contributed by atoms with Crippen molar-refractivity contribution in [2.75, 3.05) is 32.8 Å².